The molecule has 0 unspecified atom stereocenters. The smallest absolute Gasteiger partial charge is 0.277 e. The Bertz CT molecular complexity index is 871. The van der Waals surface area contributed by atoms with Crippen LogP contribution in [0.3, 0.4) is 0 Å². The number of fused-ring (bicyclic) bond motifs is 1. The maximum atomic E-state index is 12.3. The van der Waals surface area contributed by atoms with E-state index in [2.05, 4.69) is 31.3 Å². The van der Waals surface area contributed by atoms with Crippen molar-refractivity contribution in [3.05, 3.63) is 58.5 Å². The highest BCUT2D eigenvalue weighted by Crippen LogP contribution is 2.21. The third kappa shape index (κ3) is 2.62. The van der Waals surface area contributed by atoms with Crippen molar-refractivity contribution in [2.24, 2.45) is 0 Å². The molecule has 7 heteroatoms. The Kier molecular flexibility index (Phi) is 3.72. The second kappa shape index (κ2) is 5.69. The van der Waals surface area contributed by atoms with Crippen LogP contribution in [-0.4, -0.2) is 26.3 Å². The van der Waals surface area contributed by atoms with Crippen LogP contribution in [0.1, 0.15) is 27.8 Å². The van der Waals surface area contributed by atoms with E-state index in [0.29, 0.717) is 21.4 Å². The number of ketones is 1. The largest absolute Gasteiger partial charge is 0.321 e. The molecule has 1 N–H and O–H groups in total. The van der Waals surface area contributed by atoms with Gasteiger partial charge in [0.1, 0.15) is 0 Å². The highest BCUT2D eigenvalue weighted by molar-refractivity contribution is 9.10. The van der Waals surface area contributed by atoms with Gasteiger partial charge in [0, 0.05) is 23.6 Å². The van der Waals surface area contributed by atoms with Crippen molar-refractivity contribution >= 4 is 39.0 Å². The minimum absolute atomic E-state index is 0.0213. The van der Waals surface area contributed by atoms with Gasteiger partial charge in [-0.1, -0.05) is 0 Å². The third-order valence-corrected chi connectivity index (χ3v) is 3.83. The number of benzene rings is 1. The summed E-state index contributed by atoms with van der Waals surface area (Å²) < 4.78 is 2.06. The molecule has 1 aromatic carbocycles. The number of carbonyl (C=O) groups excluding carboxylic acids is 2. The van der Waals surface area contributed by atoms with E-state index >= 15 is 0 Å². The zero-order valence-electron chi connectivity index (χ0n) is 11.6. The van der Waals surface area contributed by atoms with Crippen molar-refractivity contribution in [2.45, 2.75) is 6.92 Å². The Morgan fingerprint density at radius 2 is 1.95 bits per heavy atom. The first-order valence-electron chi connectivity index (χ1n) is 6.47. The van der Waals surface area contributed by atoms with Gasteiger partial charge in [0.25, 0.3) is 5.91 Å². The molecule has 0 bridgehead atoms. The van der Waals surface area contributed by atoms with E-state index in [0.717, 1.165) is 0 Å². The summed E-state index contributed by atoms with van der Waals surface area (Å²) in [5.74, 6) is -0.375. The molecule has 22 heavy (non-hydrogen) atoms. The van der Waals surface area contributed by atoms with Crippen molar-refractivity contribution in [3.8, 4) is 0 Å². The molecule has 2 heterocycles. The number of carbonyl (C=O) groups is 2. The normalized spacial score (nSPS) is 10.6. The lowest BCUT2D eigenvalue weighted by molar-refractivity contribution is 0.101. The van der Waals surface area contributed by atoms with Gasteiger partial charge in [-0.15, -0.1) is 0 Å². The summed E-state index contributed by atoms with van der Waals surface area (Å²) in [6.45, 7) is 1.49. The number of hydrogen-bond acceptors (Lipinski definition) is 4. The zero-order chi connectivity index (χ0) is 15.7. The second-order valence-electron chi connectivity index (χ2n) is 4.64. The van der Waals surface area contributed by atoms with Crippen LogP contribution in [0.25, 0.3) is 5.65 Å². The Hall–Kier alpha value is -2.54. The fraction of sp³-hybridized carbons (Fsp3) is 0.0667. The molecular weight excluding hydrogens is 348 g/mol. The number of Topliss-reactive ketones (excluding diaryl/α,β-unsaturated/α-hetero) is 1. The fourth-order valence-corrected chi connectivity index (χ4v) is 2.53. The molecule has 0 saturated heterocycles. The van der Waals surface area contributed by atoms with Gasteiger partial charge < -0.3 is 5.32 Å². The molecule has 0 aliphatic rings. The molecule has 2 aromatic heterocycles. The van der Waals surface area contributed by atoms with Gasteiger partial charge in [0.2, 0.25) is 0 Å². The van der Waals surface area contributed by atoms with Crippen molar-refractivity contribution < 1.29 is 9.59 Å². The van der Waals surface area contributed by atoms with E-state index in [9.17, 15) is 9.59 Å². The minimum Gasteiger partial charge on any atom is -0.321 e. The average Bonchev–Trinajstić information content (AvgIpc) is 2.85. The third-order valence-electron chi connectivity index (χ3n) is 3.10. The van der Waals surface area contributed by atoms with Crippen LogP contribution < -0.4 is 5.32 Å². The van der Waals surface area contributed by atoms with Crippen molar-refractivity contribution in [1.82, 2.24) is 14.6 Å². The van der Waals surface area contributed by atoms with Crippen LogP contribution in [0.5, 0.6) is 0 Å². The van der Waals surface area contributed by atoms with Crippen molar-refractivity contribution in [1.29, 1.82) is 0 Å². The van der Waals surface area contributed by atoms with Crippen LogP contribution in [0, 0.1) is 0 Å². The summed E-state index contributed by atoms with van der Waals surface area (Å²) in [5.41, 5.74) is 2.00. The van der Waals surface area contributed by atoms with Crippen LogP contribution >= 0.6 is 15.9 Å². The lowest BCUT2D eigenvalue weighted by Gasteiger charge is -2.04. The van der Waals surface area contributed by atoms with Gasteiger partial charge >= 0.3 is 0 Å². The first-order chi connectivity index (χ1) is 10.6. The van der Waals surface area contributed by atoms with Gasteiger partial charge in [0.15, 0.2) is 17.1 Å². The molecule has 0 aliphatic heterocycles. The molecule has 0 saturated carbocycles. The standard InChI is InChI=1S/C15H11BrN4O2/c1-9(21)10-3-5-11(6-4-10)18-15(22)13-12(16)14-17-7-2-8-20(14)19-13/h2-8H,1H3,(H,18,22). The Morgan fingerprint density at radius 1 is 1.23 bits per heavy atom. The number of nitrogens with one attached hydrogen (secondary N) is 1. The maximum Gasteiger partial charge on any atom is 0.277 e. The van der Waals surface area contributed by atoms with Crippen molar-refractivity contribution in [2.75, 3.05) is 5.32 Å². The first kappa shape index (κ1) is 14.4. The number of aromatic nitrogens is 3. The Balaban J connectivity index is 1.87. The van der Waals surface area contributed by atoms with Gasteiger partial charge in [-0.05, 0) is 53.2 Å². The predicted octanol–water partition coefficient (Wildman–Crippen LogP) is 2.95. The molecule has 0 aliphatic carbocycles. The molecular formula is C15H11BrN4O2. The van der Waals surface area contributed by atoms with E-state index < -0.39 is 0 Å². The predicted molar refractivity (Wildman–Crippen MR) is 85.1 cm³/mol. The lowest BCUT2D eigenvalue weighted by atomic mass is 10.1. The summed E-state index contributed by atoms with van der Waals surface area (Å²) in [5, 5.41) is 6.94. The Labute approximate surface area is 134 Å². The summed E-state index contributed by atoms with van der Waals surface area (Å²) in [7, 11) is 0. The van der Waals surface area contributed by atoms with E-state index in [1.165, 1.54) is 11.4 Å². The summed E-state index contributed by atoms with van der Waals surface area (Å²) in [4.78, 5) is 27.7. The number of rotatable bonds is 3. The molecule has 110 valence electrons. The molecule has 0 fully saturated rings. The second-order valence-corrected chi connectivity index (χ2v) is 5.43. The van der Waals surface area contributed by atoms with E-state index in [1.807, 2.05) is 0 Å². The highest BCUT2D eigenvalue weighted by Gasteiger charge is 2.18. The maximum absolute atomic E-state index is 12.3. The van der Waals surface area contributed by atoms with Gasteiger partial charge in [-0.2, -0.15) is 5.10 Å². The Morgan fingerprint density at radius 3 is 2.59 bits per heavy atom. The van der Waals surface area contributed by atoms with Gasteiger partial charge in [-0.25, -0.2) is 9.50 Å². The van der Waals surface area contributed by atoms with E-state index in [4.69, 9.17) is 0 Å². The van der Waals surface area contributed by atoms with Crippen molar-refractivity contribution in [3.63, 3.8) is 0 Å². The first-order valence-corrected chi connectivity index (χ1v) is 7.27. The highest BCUT2D eigenvalue weighted by atomic mass is 79.9. The quantitative estimate of drug-likeness (QED) is 0.730. The van der Waals surface area contributed by atoms with E-state index in [1.54, 1.807) is 42.7 Å². The van der Waals surface area contributed by atoms with Crippen LogP contribution in [-0.2, 0) is 0 Å². The zero-order valence-corrected chi connectivity index (χ0v) is 13.2. The number of nitrogens with zero attached hydrogens (tertiary/aromatic N) is 3. The molecule has 0 spiro atoms. The SMILES string of the molecule is CC(=O)c1ccc(NC(=O)c2nn3cccnc3c2Br)cc1. The lowest BCUT2D eigenvalue weighted by Crippen LogP contribution is -2.13. The molecule has 3 aromatic rings. The number of halogens is 1. The number of hydrogen-bond donors (Lipinski definition) is 1. The molecule has 6 nitrogen and oxygen atoms in total. The van der Waals surface area contributed by atoms with E-state index in [-0.39, 0.29) is 17.4 Å². The van der Waals surface area contributed by atoms with Gasteiger partial charge in [0.05, 0.1) is 4.47 Å². The van der Waals surface area contributed by atoms with Crippen LogP contribution in [0.4, 0.5) is 5.69 Å². The number of anilines is 1. The molecule has 0 atom stereocenters. The summed E-state index contributed by atoms with van der Waals surface area (Å²) in [6, 6.07) is 8.41. The summed E-state index contributed by atoms with van der Waals surface area (Å²) >= 11 is 3.35. The van der Waals surface area contributed by atoms with Crippen LogP contribution in [0.15, 0.2) is 47.2 Å². The summed E-state index contributed by atoms with van der Waals surface area (Å²) in [6.07, 6.45) is 3.34. The molecule has 0 radical (unpaired) electrons. The molecule has 3 rings (SSSR count). The fourth-order valence-electron chi connectivity index (χ4n) is 1.98. The van der Waals surface area contributed by atoms with Crippen LogP contribution in [0.2, 0.25) is 0 Å². The van der Waals surface area contributed by atoms with Gasteiger partial charge in [-0.3, -0.25) is 9.59 Å². The topological polar surface area (TPSA) is 76.4 Å². The molecule has 1 amide bonds. The monoisotopic (exact) mass is 358 g/mol. The average molecular weight is 359 g/mol. The minimum atomic E-state index is -0.354. The number of amides is 1.